The molecule has 28 heavy (non-hydrogen) atoms. The van der Waals surface area contributed by atoms with Crippen LogP contribution in [0.25, 0.3) is 0 Å². The van der Waals surface area contributed by atoms with Gasteiger partial charge >= 0.3 is 6.03 Å². The number of urea groups is 1. The first-order valence-electron chi connectivity index (χ1n) is 10.2. The van der Waals surface area contributed by atoms with Crippen molar-refractivity contribution in [3.63, 3.8) is 0 Å². The third-order valence-corrected chi connectivity index (χ3v) is 5.91. The van der Waals surface area contributed by atoms with Crippen molar-refractivity contribution < 1.29 is 9.90 Å². The number of aliphatic hydroxyl groups is 1. The van der Waals surface area contributed by atoms with Crippen LogP contribution < -0.4 is 0 Å². The van der Waals surface area contributed by atoms with Crippen LogP contribution in [-0.4, -0.2) is 64.7 Å². The summed E-state index contributed by atoms with van der Waals surface area (Å²) in [5.41, 5.74) is 5.15. The molecule has 2 aliphatic rings. The molecule has 0 radical (unpaired) electrons. The van der Waals surface area contributed by atoms with Gasteiger partial charge in [0.05, 0.1) is 6.10 Å². The predicted octanol–water partition coefficient (Wildman–Crippen LogP) is 2.65. The molecule has 4 rings (SSSR count). The Morgan fingerprint density at radius 2 is 1.64 bits per heavy atom. The molecule has 0 bridgehead atoms. The van der Waals surface area contributed by atoms with Crippen LogP contribution >= 0.6 is 0 Å². The van der Waals surface area contributed by atoms with Gasteiger partial charge < -0.3 is 14.9 Å². The molecule has 2 heterocycles. The number of rotatable bonds is 6. The standard InChI is InChI=1S/C23H29N3O2/c1-18-6-2-3-8-20(18)15-25-12-13-26(23(25)28)17-22(27)16-24-11-10-19-7-4-5-9-21(19)14-24/h2-9,22,27H,10-17H2,1H3. The van der Waals surface area contributed by atoms with Crippen LogP contribution in [0.2, 0.25) is 0 Å². The lowest BCUT2D eigenvalue weighted by atomic mass is 10.00. The van der Waals surface area contributed by atoms with Crippen molar-refractivity contribution in [3.05, 3.63) is 70.8 Å². The van der Waals surface area contributed by atoms with Crippen molar-refractivity contribution in [2.75, 3.05) is 32.7 Å². The van der Waals surface area contributed by atoms with E-state index in [0.29, 0.717) is 26.2 Å². The minimum absolute atomic E-state index is 0.0336. The minimum atomic E-state index is -0.521. The summed E-state index contributed by atoms with van der Waals surface area (Å²) in [5, 5.41) is 10.6. The summed E-state index contributed by atoms with van der Waals surface area (Å²) in [6, 6.07) is 16.7. The van der Waals surface area contributed by atoms with E-state index in [-0.39, 0.29) is 6.03 Å². The van der Waals surface area contributed by atoms with Crippen LogP contribution in [0.5, 0.6) is 0 Å². The first-order valence-corrected chi connectivity index (χ1v) is 10.2. The zero-order chi connectivity index (χ0) is 19.5. The van der Waals surface area contributed by atoms with Gasteiger partial charge in [-0.25, -0.2) is 4.79 Å². The van der Waals surface area contributed by atoms with Crippen molar-refractivity contribution in [1.82, 2.24) is 14.7 Å². The van der Waals surface area contributed by atoms with Crippen LogP contribution in [0.1, 0.15) is 22.3 Å². The van der Waals surface area contributed by atoms with Crippen molar-refractivity contribution in [2.24, 2.45) is 0 Å². The number of carbonyl (C=O) groups excluding carboxylic acids is 1. The summed E-state index contributed by atoms with van der Waals surface area (Å²) in [5.74, 6) is 0. The number of fused-ring (bicyclic) bond motifs is 1. The molecular weight excluding hydrogens is 350 g/mol. The summed E-state index contributed by atoms with van der Waals surface area (Å²) >= 11 is 0. The molecule has 5 nitrogen and oxygen atoms in total. The molecule has 1 unspecified atom stereocenters. The molecule has 0 aromatic heterocycles. The summed E-state index contributed by atoms with van der Waals surface area (Å²) in [6.07, 6.45) is 0.503. The molecule has 2 aromatic rings. The summed E-state index contributed by atoms with van der Waals surface area (Å²) in [6.45, 7) is 6.97. The van der Waals surface area contributed by atoms with Crippen LogP contribution in [0.3, 0.4) is 0 Å². The van der Waals surface area contributed by atoms with E-state index in [4.69, 9.17) is 0 Å². The lowest BCUT2D eigenvalue weighted by Crippen LogP contribution is -2.43. The highest BCUT2D eigenvalue weighted by Gasteiger charge is 2.30. The van der Waals surface area contributed by atoms with E-state index in [1.807, 2.05) is 17.0 Å². The summed E-state index contributed by atoms with van der Waals surface area (Å²) < 4.78 is 0. The molecule has 0 aliphatic carbocycles. The highest BCUT2D eigenvalue weighted by atomic mass is 16.3. The average molecular weight is 380 g/mol. The van der Waals surface area contributed by atoms with Gasteiger partial charge in [0.15, 0.2) is 0 Å². The number of aliphatic hydroxyl groups excluding tert-OH is 1. The SMILES string of the molecule is Cc1ccccc1CN1CCN(CC(O)CN2CCc3ccccc3C2)C1=O. The molecule has 0 saturated carbocycles. The molecule has 2 aliphatic heterocycles. The highest BCUT2D eigenvalue weighted by Crippen LogP contribution is 2.20. The van der Waals surface area contributed by atoms with Gasteiger partial charge in [-0.2, -0.15) is 0 Å². The van der Waals surface area contributed by atoms with Gasteiger partial charge in [-0.05, 0) is 35.6 Å². The Labute approximate surface area is 167 Å². The number of hydrogen-bond acceptors (Lipinski definition) is 3. The molecule has 5 heteroatoms. The van der Waals surface area contributed by atoms with Crippen LogP contribution in [0.4, 0.5) is 4.79 Å². The molecule has 2 amide bonds. The normalized spacial score (nSPS) is 18.4. The van der Waals surface area contributed by atoms with E-state index in [1.165, 1.54) is 22.3 Å². The Kier molecular flexibility index (Phi) is 5.64. The van der Waals surface area contributed by atoms with Gasteiger partial charge in [0.2, 0.25) is 0 Å². The van der Waals surface area contributed by atoms with E-state index in [0.717, 1.165) is 26.1 Å². The van der Waals surface area contributed by atoms with Crippen molar-refractivity contribution in [2.45, 2.75) is 32.5 Å². The topological polar surface area (TPSA) is 47.0 Å². The van der Waals surface area contributed by atoms with Gasteiger partial charge in [0, 0.05) is 45.8 Å². The molecule has 1 N–H and O–H groups in total. The number of aryl methyl sites for hydroxylation is 1. The molecule has 148 valence electrons. The van der Waals surface area contributed by atoms with E-state index >= 15 is 0 Å². The fourth-order valence-electron chi connectivity index (χ4n) is 4.26. The maximum absolute atomic E-state index is 12.7. The molecular formula is C23H29N3O2. The third kappa shape index (κ3) is 4.21. The van der Waals surface area contributed by atoms with Gasteiger partial charge in [-0.15, -0.1) is 0 Å². The average Bonchev–Trinajstić information content (AvgIpc) is 3.03. The summed E-state index contributed by atoms with van der Waals surface area (Å²) in [7, 11) is 0. The van der Waals surface area contributed by atoms with Gasteiger partial charge in [0.25, 0.3) is 0 Å². The first kappa shape index (κ1) is 19.0. The zero-order valence-corrected chi connectivity index (χ0v) is 16.6. The lowest BCUT2D eigenvalue weighted by molar-refractivity contribution is 0.0812. The Balaban J connectivity index is 1.29. The molecule has 1 atom stereocenters. The lowest BCUT2D eigenvalue weighted by Gasteiger charge is -2.31. The number of β-amino-alcohol motifs (C(OH)–C–C–N with tert-alkyl or cyclic N) is 1. The van der Waals surface area contributed by atoms with Gasteiger partial charge in [0.1, 0.15) is 0 Å². The molecule has 1 saturated heterocycles. The maximum Gasteiger partial charge on any atom is 0.320 e. The van der Waals surface area contributed by atoms with E-state index < -0.39 is 6.10 Å². The Bertz CT molecular complexity index is 838. The smallest absolute Gasteiger partial charge is 0.320 e. The van der Waals surface area contributed by atoms with Crippen LogP contribution in [-0.2, 0) is 19.5 Å². The van der Waals surface area contributed by atoms with Crippen molar-refractivity contribution >= 4 is 6.03 Å². The number of hydrogen-bond donors (Lipinski definition) is 1. The number of nitrogens with zero attached hydrogens (tertiary/aromatic N) is 3. The highest BCUT2D eigenvalue weighted by molar-refractivity contribution is 5.76. The molecule has 1 fully saturated rings. The minimum Gasteiger partial charge on any atom is -0.390 e. The monoisotopic (exact) mass is 379 g/mol. The van der Waals surface area contributed by atoms with Crippen molar-refractivity contribution in [1.29, 1.82) is 0 Å². The fraction of sp³-hybridized carbons (Fsp3) is 0.435. The van der Waals surface area contributed by atoms with E-state index in [9.17, 15) is 9.90 Å². The second-order valence-electron chi connectivity index (χ2n) is 7.98. The Hall–Kier alpha value is -2.37. The largest absolute Gasteiger partial charge is 0.390 e. The van der Waals surface area contributed by atoms with Crippen molar-refractivity contribution in [3.8, 4) is 0 Å². The van der Waals surface area contributed by atoms with E-state index in [2.05, 4.69) is 48.2 Å². The Morgan fingerprint density at radius 1 is 0.929 bits per heavy atom. The quantitative estimate of drug-likeness (QED) is 0.839. The zero-order valence-electron chi connectivity index (χ0n) is 16.6. The van der Waals surface area contributed by atoms with E-state index in [1.54, 1.807) is 4.90 Å². The third-order valence-electron chi connectivity index (χ3n) is 5.91. The number of carbonyl (C=O) groups is 1. The maximum atomic E-state index is 12.7. The van der Waals surface area contributed by atoms with Crippen LogP contribution in [0.15, 0.2) is 48.5 Å². The number of benzene rings is 2. The number of amides is 2. The summed E-state index contributed by atoms with van der Waals surface area (Å²) in [4.78, 5) is 18.7. The molecule has 2 aromatic carbocycles. The predicted molar refractivity (Wildman–Crippen MR) is 110 cm³/mol. The fourth-order valence-corrected chi connectivity index (χ4v) is 4.26. The van der Waals surface area contributed by atoms with Gasteiger partial charge in [-0.3, -0.25) is 4.90 Å². The van der Waals surface area contributed by atoms with Crippen LogP contribution in [0, 0.1) is 6.92 Å². The second-order valence-corrected chi connectivity index (χ2v) is 7.98. The second kappa shape index (κ2) is 8.33. The molecule has 0 spiro atoms. The van der Waals surface area contributed by atoms with Gasteiger partial charge in [-0.1, -0.05) is 48.5 Å². The first-order chi connectivity index (χ1) is 13.6. The Morgan fingerprint density at radius 3 is 2.46 bits per heavy atom.